The van der Waals surface area contributed by atoms with Gasteiger partial charge in [0.05, 0.1) is 0 Å². The zero-order valence-corrected chi connectivity index (χ0v) is 10.8. The maximum Gasteiger partial charge on any atom is 0.125 e. The molecule has 0 spiro atoms. The van der Waals surface area contributed by atoms with Crippen molar-refractivity contribution >= 4 is 0 Å². The molecule has 0 saturated carbocycles. The van der Waals surface area contributed by atoms with Crippen LogP contribution in [-0.4, -0.2) is 30.6 Å². The lowest BCUT2D eigenvalue weighted by Gasteiger charge is -2.44. The molecule has 1 unspecified atom stereocenters. The monoisotopic (exact) mass is 231 g/mol. The van der Waals surface area contributed by atoms with Crippen LogP contribution >= 0.6 is 0 Å². The zero-order chi connectivity index (χ0) is 11.8. The molecule has 4 rings (SSSR count). The van der Waals surface area contributed by atoms with E-state index in [1.165, 1.54) is 37.1 Å². The molecule has 3 fully saturated rings. The van der Waals surface area contributed by atoms with Crippen LogP contribution in [0.15, 0.2) is 18.2 Å². The molecule has 0 radical (unpaired) electrons. The van der Waals surface area contributed by atoms with Crippen LogP contribution in [0.1, 0.15) is 24.0 Å². The molecule has 0 N–H and O–H groups in total. The van der Waals surface area contributed by atoms with Gasteiger partial charge in [-0.2, -0.15) is 0 Å². The van der Waals surface area contributed by atoms with Crippen LogP contribution in [0.25, 0.3) is 0 Å². The number of rotatable bonds is 2. The third kappa shape index (κ3) is 2.06. The van der Waals surface area contributed by atoms with Crippen molar-refractivity contribution in [2.75, 3.05) is 19.6 Å². The Hall–Kier alpha value is -1.02. The third-order valence-corrected chi connectivity index (χ3v) is 4.27. The van der Waals surface area contributed by atoms with Gasteiger partial charge in [-0.1, -0.05) is 18.2 Å². The summed E-state index contributed by atoms with van der Waals surface area (Å²) >= 11 is 0. The van der Waals surface area contributed by atoms with E-state index in [4.69, 9.17) is 4.74 Å². The minimum atomic E-state index is 0.414. The summed E-state index contributed by atoms with van der Waals surface area (Å²) in [7, 11) is 0. The van der Waals surface area contributed by atoms with Crippen molar-refractivity contribution in [2.45, 2.75) is 32.8 Å². The molecular weight excluding hydrogens is 210 g/mol. The molecule has 3 saturated heterocycles. The second-order valence-corrected chi connectivity index (χ2v) is 5.52. The maximum absolute atomic E-state index is 6.31. The van der Waals surface area contributed by atoms with Crippen LogP contribution in [0, 0.1) is 19.8 Å². The van der Waals surface area contributed by atoms with Gasteiger partial charge in [-0.25, -0.2) is 0 Å². The minimum absolute atomic E-state index is 0.414. The first-order valence-electron chi connectivity index (χ1n) is 6.69. The van der Waals surface area contributed by atoms with Gasteiger partial charge in [0, 0.05) is 6.54 Å². The van der Waals surface area contributed by atoms with Gasteiger partial charge in [-0.15, -0.1) is 0 Å². The van der Waals surface area contributed by atoms with Crippen LogP contribution in [0.3, 0.4) is 0 Å². The Labute approximate surface area is 104 Å². The number of hydrogen-bond acceptors (Lipinski definition) is 2. The van der Waals surface area contributed by atoms with Crippen LogP contribution in [0.5, 0.6) is 5.75 Å². The summed E-state index contributed by atoms with van der Waals surface area (Å²) in [6.07, 6.45) is 3.04. The molecule has 3 heterocycles. The van der Waals surface area contributed by atoms with E-state index in [1.807, 2.05) is 0 Å². The number of aryl methyl sites for hydroxylation is 2. The van der Waals surface area contributed by atoms with Crippen molar-refractivity contribution in [1.29, 1.82) is 0 Å². The fourth-order valence-corrected chi connectivity index (χ4v) is 3.18. The molecule has 0 amide bonds. The van der Waals surface area contributed by atoms with E-state index in [0.29, 0.717) is 6.10 Å². The largest absolute Gasteiger partial charge is 0.488 e. The van der Waals surface area contributed by atoms with Gasteiger partial charge in [-0.3, -0.25) is 4.90 Å². The summed E-state index contributed by atoms with van der Waals surface area (Å²) in [5, 5.41) is 0. The molecule has 17 heavy (non-hydrogen) atoms. The van der Waals surface area contributed by atoms with Gasteiger partial charge in [0.25, 0.3) is 0 Å². The molecule has 2 heteroatoms. The molecular formula is C15H21NO. The lowest BCUT2D eigenvalue weighted by molar-refractivity contribution is -0.00838. The number of hydrogen-bond donors (Lipinski definition) is 0. The smallest absolute Gasteiger partial charge is 0.125 e. The topological polar surface area (TPSA) is 12.5 Å². The second kappa shape index (κ2) is 4.34. The number of fused-ring (bicyclic) bond motifs is 3. The molecule has 1 atom stereocenters. The predicted molar refractivity (Wildman–Crippen MR) is 69.5 cm³/mol. The maximum atomic E-state index is 6.31. The number of benzene rings is 1. The van der Waals surface area contributed by atoms with E-state index >= 15 is 0 Å². The van der Waals surface area contributed by atoms with Gasteiger partial charge < -0.3 is 4.74 Å². The highest BCUT2D eigenvalue weighted by Gasteiger charge is 2.35. The standard InChI is InChI=1S/C15H21NO/c1-11-4-3-5-12(2)15(11)17-14-10-16-8-6-13(14)7-9-16/h3-5,13-14H,6-10H2,1-2H3. The first kappa shape index (κ1) is 11.1. The Morgan fingerprint density at radius 3 is 2.29 bits per heavy atom. The predicted octanol–water partition coefficient (Wildman–Crippen LogP) is 2.78. The molecule has 0 aromatic heterocycles. The number of piperidine rings is 3. The number of para-hydroxylation sites is 1. The van der Waals surface area contributed by atoms with E-state index < -0.39 is 0 Å². The summed E-state index contributed by atoms with van der Waals surface area (Å²) in [4.78, 5) is 2.54. The highest BCUT2D eigenvalue weighted by molar-refractivity contribution is 5.40. The van der Waals surface area contributed by atoms with Crippen LogP contribution in [0.4, 0.5) is 0 Å². The fourth-order valence-electron chi connectivity index (χ4n) is 3.18. The first-order chi connectivity index (χ1) is 8.24. The van der Waals surface area contributed by atoms with E-state index in [2.05, 4.69) is 36.9 Å². The summed E-state index contributed by atoms with van der Waals surface area (Å²) in [5.74, 6) is 1.89. The molecule has 3 aliphatic rings. The molecule has 1 aromatic carbocycles. The molecule has 2 nitrogen and oxygen atoms in total. The van der Waals surface area contributed by atoms with Crippen molar-refractivity contribution in [1.82, 2.24) is 4.90 Å². The minimum Gasteiger partial charge on any atom is -0.488 e. The lowest BCUT2D eigenvalue weighted by Crippen LogP contribution is -2.52. The van der Waals surface area contributed by atoms with Crippen molar-refractivity contribution in [3.05, 3.63) is 29.3 Å². The summed E-state index contributed by atoms with van der Waals surface area (Å²) in [6.45, 7) is 7.96. The van der Waals surface area contributed by atoms with Crippen molar-refractivity contribution in [3.8, 4) is 5.75 Å². The average molecular weight is 231 g/mol. The van der Waals surface area contributed by atoms with E-state index in [1.54, 1.807) is 0 Å². The van der Waals surface area contributed by atoms with Crippen molar-refractivity contribution in [3.63, 3.8) is 0 Å². The van der Waals surface area contributed by atoms with Crippen LogP contribution in [0.2, 0.25) is 0 Å². The van der Waals surface area contributed by atoms with E-state index in [9.17, 15) is 0 Å². The number of ether oxygens (including phenoxy) is 1. The van der Waals surface area contributed by atoms with Crippen molar-refractivity contribution in [2.24, 2.45) is 5.92 Å². The molecule has 0 aliphatic carbocycles. The fraction of sp³-hybridized carbons (Fsp3) is 0.600. The molecule has 2 bridgehead atoms. The average Bonchev–Trinajstić information content (AvgIpc) is 2.36. The zero-order valence-electron chi connectivity index (χ0n) is 10.8. The van der Waals surface area contributed by atoms with Gasteiger partial charge in [0.1, 0.15) is 11.9 Å². The molecule has 1 aromatic rings. The Morgan fingerprint density at radius 1 is 1.12 bits per heavy atom. The Bertz CT molecular complexity index is 387. The van der Waals surface area contributed by atoms with Crippen LogP contribution in [-0.2, 0) is 0 Å². The summed E-state index contributed by atoms with van der Waals surface area (Å²) in [6, 6.07) is 6.39. The van der Waals surface area contributed by atoms with Gasteiger partial charge >= 0.3 is 0 Å². The number of nitrogens with zero attached hydrogens (tertiary/aromatic N) is 1. The van der Waals surface area contributed by atoms with Crippen molar-refractivity contribution < 1.29 is 4.74 Å². The Morgan fingerprint density at radius 2 is 1.76 bits per heavy atom. The molecule has 3 aliphatic heterocycles. The highest BCUT2D eigenvalue weighted by Crippen LogP contribution is 2.32. The summed E-state index contributed by atoms with van der Waals surface area (Å²) in [5.41, 5.74) is 2.53. The van der Waals surface area contributed by atoms with Gasteiger partial charge in [0.2, 0.25) is 0 Å². The quantitative estimate of drug-likeness (QED) is 0.776. The Kier molecular flexibility index (Phi) is 2.83. The van der Waals surface area contributed by atoms with E-state index in [-0.39, 0.29) is 0 Å². The SMILES string of the molecule is Cc1cccc(C)c1OC1CN2CCC1CC2. The van der Waals surface area contributed by atoms with Gasteiger partial charge in [-0.05, 0) is 56.8 Å². The first-order valence-corrected chi connectivity index (χ1v) is 6.69. The van der Waals surface area contributed by atoms with Crippen LogP contribution < -0.4 is 4.74 Å². The van der Waals surface area contributed by atoms with E-state index in [0.717, 1.165) is 18.2 Å². The normalized spacial score (nSPS) is 31.5. The molecule has 92 valence electrons. The highest BCUT2D eigenvalue weighted by atomic mass is 16.5. The van der Waals surface area contributed by atoms with Gasteiger partial charge in [0.15, 0.2) is 0 Å². The second-order valence-electron chi connectivity index (χ2n) is 5.52. The summed E-state index contributed by atoms with van der Waals surface area (Å²) < 4.78 is 6.31. The third-order valence-electron chi connectivity index (χ3n) is 4.27. The Balaban J connectivity index is 1.79. The lowest BCUT2D eigenvalue weighted by atomic mass is 9.86.